The predicted molar refractivity (Wildman–Crippen MR) is 77.4 cm³/mol. The lowest BCUT2D eigenvalue weighted by molar-refractivity contribution is -0.312. The van der Waals surface area contributed by atoms with Crippen molar-refractivity contribution in [1.82, 2.24) is 0 Å². The van der Waals surface area contributed by atoms with Gasteiger partial charge in [0.15, 0.2) is 12.6 Å². The van der Waals surface area contributed by atoms with Crippen LogP contribution in [0.25, 0.3) is 0 Å². The number of ether oxygens (including phenoxy) is 6. The lowest BCUT2D eigenvalue weighted by Crippen LogP contribution is -2.54. The third kappa shape index (κ3) is 3.97. The molecule has 0 amide bonds. The normalized spacial score (nSPS) is 46.6. The molecule has 0 saturated carbocycles. The van der Waals surface area contributed by atoms with Crippen LogP contribution in [0.5, 0.6) is 0 Å². The Labute approximate surface area is 131 Å². The Bertz CT molecular complexity index is 340. The average molecular weight is 320 g/mol. The average Bonchev–Trinajstić information content (AvgIpc) is 2.52. The minimum absolute atomic E-state index is 0.138. The van der Waals surface area contributed by atoms with Gasteiger partial charge in [0.2, 0.25) is 0 Å². The van der Waals surface area contributed by atoms with Crippen molar-refractivity contribution in [2.45, 2.75) is 75.9 Å². The molecule has 0 aliphatic carbocycles. The Kier molecular flexibility index (Phi) is 6.58. The molecule has 8 atom stereocenters. The van der Waals surface area contributed by atoms with E-state index in [1.54, 1.807) is 21.3 Å². The second-order valence-corrected chi connectivity index (χ2v) is 5.89. The monoisotopic (exact) mass is 320 g/mol. The predicted octanol–water partition coefficient (Wildman–Crippen LogP) is 0.679. The van der Waals surface area contributed by atoms with Gasteiger partial charge >= 0.3 is 0 Å². The zero-order valence-corrected chi connectivity index (χ0v) is 13.9. The first-order valence-electron chi connectivity index (χ1n) is 7.73. The highest BCUT2D eigenvalue weighted by atomic mass is 16.7. The van der Waals surface area contributed by atoms with E-state index in [4.69, 9.17) is 28.4 Å². The van der Waals surface area contributed by atoms with Gasteiger partial charge in [0, 0.05) is 34.2 Å². The lowest BCUT2D eigenvalue weighted by atomic mass is 10.00. The fraction of sp³-hybridized carbons (Fsp3) is 1.00. The molecule has 0 bridgehead atoms. The zero-order valence-electron chi connectivity index (χ0n) is 13.9. The molecular formula is C15H28O7. The van der Waals surface area contributed by atoms with E-state index in [9.17, 15) is 5.11 Å². The van der Waals surface area contributed by atoms with Crippen molar-refractivity contribution in [3.05, 3.63) is 0 Å². The summed E-state index contributed by atoms with van der Waals surface area (Å²) in [6.07, 6.45) is -1.58. The number of hydrogen-bond acceptors (Lipinski definition) is 7. The second kappa shape index (κ2) is 8.01. The fourth-order valence-corrected chi connectivity index (χ4v) is 3.08. The molecule has 2 fully saturated rings. The molecule has 2 heterocycles. The Morgan fingerprint density at radius 3 is 2.00 bits per heavy atom. The molecule has 0 aromatic carbocycles. The van der Waals surface area contributed by atoms with E-state index < -0.39 is 12.4 Å². The maximum absolute atomic E-state index is 10.0. The maximum Gasteiger partial charge on any atom is 0.161 e. The third-order valence-electron chi connectivity index (χ3n) is 4.45. The van der Waals surface area contributed by atoms with Crippen LogP contribution in [-0.2, 0) is 28.4 Å². The fourth-order valence-electron chi connectivity index (χ4n) is 3.08. The standard InChI is InChI=1S/C15H28O7/c1-8-14(16)10(17-3)6-13(20-8)22-15-9(2)21-12(19-5)7-11(15)18-4/h8-16H,6-7H2,1-5H3/t8-,9-,10-,11+,12+,13+,14-,15-/m1/s1. The van der Waals surface area contributed by atoms with E-state index in [2.05, 4.69) is 0 Å². The molecule has 7 nitrogen and oxygen atoms in total. The molecule has 2 saturated heterocycles. The lowest BCUT2D eigenvalue weighted by Gasteiger charge is -2.43. The Morgan fingerprint density at radius 1 is 0.818 bits per heavy atom. The highest BCUT2D eigenvalue weighted by Crippen LogP contribution is 2.30. The minimum Gasteiger partial charge on any atom is -0.388 e. The smallest absolute Gasteiger partial charge is 0.161 e. The van der Waals surface area contributed by atoms with Crippen LogP contribution in [0.1, 0.15) is 26.7 Å². The van der Waals surface area contributed by atoms with Gasteiger partial charge < -0.3 is 33.5 Å². The first kappa shape index (κ1) is 18.1. The van der Waals surface area contributed by atoms with Crippen molar-refractivity contribution in [2.75, 3.05) is 21.3 Å². The summed E-state index contributed by atoms with van der Waals surface area (Å²) in [5.41, 5.74) is 0. The molecule has 1 N–H and O–H groups in total. The molecule has 7 heteroatoms. The highest BCUT2D eigenvalue weighted by Gasteiger charge is 2.42. The number of methoxy groups -OCH3 is 3. The largest absolute Gasteiger partial charge is 0.388 e. The highest BCUT2D eigenvalue weighted by molar-refractivity contribution is 4.86. The Hall–Kier alpha value is -0.280. The van der Waals surface area contributed by atoms with Crippen molar-refractivity contribution < 1.29 is 33.5 Å². The molecule has 2 rings (SSSR count). The van der Waals surface area contributed by atoms with Gasteiger partial charge in [0.1, 0.15) is 12.2 Å². The summed E-state index contributed by atoms with van der Waals surface area (Å²) in [7, 11) is 4.84. The number of hydrogen-bond donors (Lipinski definition) is 1. The van der Waals surface area contributed by atoms with Crippen LogP contribution in [0.2, 0.25) is 0 Å². The van der Waals surface area contributed by atoms with Gasteiger partial charge in [-0.25, -0.2) is 0 Å². The summed E-state index contributed by atoms with van der Waals surface area (Å²) in [6, 6.07) is 0. The quantitative estimate of drug-likeness (QED) is 0.798. The zero-order chi connectivity index (χ0) is 16.3. The first-order valence-corrected chi connectivity index (χ1v) is 7.73. The van der Waals surface area contributed by atoms with Crippen LogP contribution in [-0.4, -0.2) is 75.6 Å². The summed E-state index contributed by atoms with van der Waals surface area (Å²) in [4.78, 5) is 0. The molecule has 2 aliphatic rings. The van der Waals surface area contributed by atoms with Crippen molar-refractivity contribution >= 4 is 0 Å². The Balaban J connectivity index is 1.99. The first-order chi connectivity index (χ1) is 10.5. The molecule has 130 valence electrons. The molecule has 22 heavy (non-hydrogen) atoms. The summed E-state index contributed by atoms with van der Waals surface area (Å²) >= 11 is 0. The SMILES string of the molecule is CO[C@@H]1C[C@H](OC)[C@H](O[C@H]2C[C@@H](OC)[C@H](O)[C@@H](C)O2)[C@@H](C)O1. The van der Waals surface area contributed by atoms with E-state index in [0.29, 0.717) is 12.8 Å². The van der Waals surface area contributed by atoms with E-state index >= 15 is 0 Å². The van der Waals surface area contributed by atoms with Crippen LogP contribution in [0.3, 0.4) is 0 Å². The van der Waals surface area contributed by atoms with Crippen LogP contribution >= 0.6 is 0 Å². The van der Waals surface area contributed by atoms with Crippen LogP contribution < -0.4 is 0 Å². The molecular weight excluding hydrogens is 292 g/mol. The van der Waals surface area contributed by atoms with Gasteiger partial charge in [-0.15, -0.1) is 0 Å². The van der Waals surface area contributed by atoms with Crippen LogP contribution in [0.4, 0.5) is 0 Å². The number of aliphatic hydroxyl groups excluding tert-OH is 1. The molecule has 0 aromatic heterocycles. The van der Waals surface area contributed by atoms with Gasteiger partial charge in [0.25, 0.3) is 0 Å². The topological polar surface area (TPSA) is 75.6 Å². The van der Waals surface area contributed by atoms with E-state index in [1.807, 2.05) is 13.8 Å². The van der Waals surface area contributed by atoms with Crippen molar-refractivity contribution in [2.24, 2.45) is 0 Å². The van der Waals surface area contributed by atoms with E-state index in [0.717, 1.165) is 0 Å². The second-order valence-electron chi connectivity index (χ2n) is 5.89. The van der Waals surface area contributed by atoms with Gasteiger partial charge in [-0.2, -0.15) is 0 Å². The van der Waals surface area contributed by atoms with E-state index in [1.165, 1.54) is 0 Å². The number of rotatable bonds is 5. The van der Waals surface area contributed by atoms with E-state index in [-0.39, 0.29) is 36.8 Å². The Morgan fingerprint density at radius 2 is 1.41 bits per heavy atom. The summed E-state index contributed by atoms with van der Waals surface area (Å²) < 4.78 is 33.7. The molecule has 0 unspecified atom stereocenters. The van der Waals surface area contributed by atoms with Gasteiger partial charge in [-0.1, -0.05) is 0 Å². The molecule has 2 aliphatic heterocycles. The molecule has 0 radical (unpaired) electrons. The number of aliphatic hydroxyl groups is 1. The van der Waals surface area contributed by atoms with Crippen LogP contribution in [0, 0.1) is 0 Å². The van der Waals surface area contributed by atoms with Gasteiger partial charge in [-0.05, 0) is 13.8 Å². The summed E-state index contributed by atoms with van der Waals surface area (Å²) in [5, 5.41) is 10.0. The summed E-state index contributed by atoms with van der Waals surface area (Å²) in [5.74, 6) is 0. The molecule has 0 aromatic rings. The van der Waals surface area contributed by atoms with Crippen molar-refractivity contribution in [1.29, 1.82) is 0 Å². The molecule has 0 spiro atoms. The van der Waals surface area contributed by atoms with Crippen molar-refractivity contribution in [3.8, 4) is 0 Å². The third-order valence-corrected chi connectivity index (χ3v) is 4.45. The van der Waals surface area contributed by atoms with Gasteiger partial charge in [0.05, 0.1) is 24.4 Å². The van der Waals surface area contributed by atoms with Crippen molar-refractivity contribution in [3.63, 3.8) is 0 Å². The van der Waals surface area contributed by atoms with Crippen LogP contribution in [0.15, 0.2) is 0 Å². The summed E-state index contributed by atoms with van der Waals surface area (Å²) in [6.45, 7) is 3.73. The maximum atomic E-state index is 10.0. The minimum atomic E-state index is -0.652. The van der Waals surface area contributed by atoms with Gasteiger partial charge in [-0.3, -0.25) is 0 Å².